The average molecular weight is 229 g/mol. The fraction of sp³-hybridized carbons (Fsp3) is 0.833. The molecule has 0 aromatic rings. The van der Waals surface area contributed by atoms with Crippen LogP contribution in [0.4, 0.5) is 0 Å². The van der Waals surface area contributed by atoms with E-state index in [0.29, 0.717) is 19.3 Å². The van der Waals surface area contributed by atoms with Gasteiger partial charge >= 0.3 is 5.97 Å². The molecule has 0 saturated carbocycles. The number of hydrogen-bond donors (Lipinski definition) is 2. The van der Waals surface area contributed by atoms with E-state index in [2.05, 4.69) is 5.32 Å². The third-order valence-corrected chi connectivity index (χ3v) is 2.84. The van der Waals surface area contributed by atoms with Crippen LogP contribution in [-0.4, -0.2) is 22.5 Å². The number of carbonyl (C=O) groups excluding carboxylic acids is 1. The van der Waals surface area contributed by atoms with E-state index in [-0.39, 0.29) is 18.2 Å². The molecular formula is C12H23NO3. The Bertz CT molecular complexity index is 245. The second-order valence-corrected chi connectivity index (χ2v) is 4.70. The monoisotopic (exact) mass is 229 g/mol. The van der Waals surface area contributed by atoms with Crippen molar-refractivity contribution >= 4 is 11.9 Å². The Labute approximate surface area is 97.4 Å². The maximum atomic E-state index is 11.7. The first-order chi connectivity index (χ1) is 7.35. The molecule has 0 unspecified atom stereocenters. The predicted molar refractivity (Wildman–Crippen MR) is 63.2 cm³/mol. The van der Waals surface area contributed by atoms with Crippen LogP contribution in [0.25, 0.3) is 0 Å². The summed E-state index contributed by atoms with van der Waals surface area (Å²) in [5.74, 6) is -0.635. The van der Waals surface area contributed by atoms with Crippen LogP contribution in [0.5, 0.6) is 0 Å². The lowest BCUT2D eigenvalue weighted by Crippen LogP contribution is -2.49. The highest BCUT2D eigenvalue weighted by Gasteiger charge is 2.30. The summed E-state index contributed by atoms with van der Waals surface area (Å²) in [6.07, 6.45) is 1.71. The van der Waals surface area contributed by atoms with Gasteiger partial charge in [0.05, 0.1) is 6.42 Å². The Morgan fingerprint density at radius 2 is 1.75 bits per heavy atom. The fourth-order valence-electron chi connectivity index (χ4n) is 1.73. The third kappa shape index (κ3) is 5.14. The number of nitrogens with one attached hydrogen (secondary N) is 1. The van der Waals surface area contributed by atoms with Crippen molar-refractivity contribution in [1.82, 2.24) is 5.32 Å². The summed E-state index contributed by atoms with van der Waals surface area (Å²) >= 11 is 0. The molecule has 0 radical (unpaired) electrons. The van der Waals surface area contributed by atoms with Crippen molar-refractivity contribution in [3.63, 3.8) is 0 Å². The zero-order valence-corrected chi connectivity index (χ0v) is 10.7. The lowest BCUT2D eigenvalue weighted by Gasteiger charge is -2.31. The average Bonchev–Trinajstić information content (AvgIpc) is 2.14. The highest BCUT2D eigenvalue weighted by atomic mass is 16.4. The van der Waals surface area contributed by atoms with Crippen molar-refractivity contribution in [3.05, 3.63) is 0 Å². The number of hydrogen-bond acceptors (Lipinski definition) is 2. The minimum absolute atomic E-state index is 0.0101. The van der Waals surface area contributed by atoms with Gasteiger partial charge < -0.3 is 10.4 Å². The van der Waals surface area contributed by atoms with Crippen LogP contribution >= 0.6 is 0 Å². The zero-order valence-electron chi connectivity index (χ0n) is 10.7. The van der Waals surface area contributed by atoms with Crippen molar-refractivity contribution in [2.75, 3.05) is 0 Å². The maximum Gasteiger partial charge on any atom is 0.305 e. The van der Waals surface area contributed by atoms with E-state index in [1.165, 1.54) is 0 Å². The van der Waals surface area contributed by atoms with Gasteiger partial charge in [0.25, 0.3) is 0 Å². The van der Waals surface area contributed by atoms with Crippen LogP contribution in [0.1, 0.15) is 53.4 Å². The Morgan fingerprint density at radius 3 is 2.06 bits per heavy atom. The van der Waals surface area contributed by atoms with Gasteiger partial charge in [-0.05, 0) is 18.8 Å². The first kappa shape index (κ1) is 14.9. The van der Waals surface area contributed by atoms with E-state index in [9.17, 15) is 9.59 Å². The van der Waals surface area contributed by atoms with Gasteiger partial charge in [-0.25, -0.2) is 0 Å². The molecule has 0 heterocycles. The van der Waals surface area contributed by atoms with Crippen molar-refractivity contribution in [1.29, 1.82) is 0 Å². The molecule has 0 saturated heterocycles. The van der Waals surface area contributed by atoms with Crippen molar-refractivity contribution in [3.8, 4) is 0 Å². The van der Waals surface area contributed by atoms with Crippen molar-refractivity contribution in [2.45, 2.75) is 58.9 Å². The van der Waals surface area contributed by atoms with Gasteiger partial charge in [0.15, 0.2) is 0 Å². The molecule has 0 atom stereocenters. The molecule has 0 aliphatic heterocycles. The second kappa shape index (κ2) is 6.51. The Balaban J connectivity index is 4.53. The first-order valence-corrected chi connectivity index (χ1v) is 5.88. The molecule has 4 heteroatoms. The van der Waals surface area contributed by atoms with Crippen LogP contribution in [-0.2, 0) is 9.59 Å². The number of carbonyl (C=O) groups is 2. The molecule has 0 aromatic carbocycles. The summed E-state index contributed by atoms with van der Waals surface area (Å²) in [6.45, 7) is 7.75. The summed E-state index contributed by atoms with van der Waals surface area (Å²) in [5.41, 5.74) is -0.586. The van der Waals surface area contributed by atoms with Crippen LogP contribution in [0, 0.1) is 5.92 Å². The van der Waals surface area contributed by atoms with Gasteiger partial charge in [0, 0.05) is 12.0 Å². The molecule has 4 nitrogen and oxygen atoms in total. The molecule has 1 amide bonds. The number of rotatable bonds is 7. The summed E-state index contributed by atoms with van der Waals surface area (Å²) in [5, 5.41) is 11.7. The van der Waals surface area contributed by atoms with Crippen LogP contribution in [0.15, 0.2) is 0 Å². The summed E-state index contributed by atoms with van der Waals surface area (Å²) in [4.78, 5) is 22.4. The molecule has 16 heavy (non-hydrogen) atoms. The zero-order chi connectivity index (χ0) is 12.8. The van der Waals surface area contributed by atoms with Gasteiger partial charge in [-0.15, -0.1) is 0 Å². The van der Waals surface area contributed by atoms with Gasteiger partial charge in [-0.2, -0.15) is 0 Å². The van der Waals surface area contributed by atoms with Crippen molar-refractivity contribution < 1.29 is 14.7 Å². The standard InChI is InChI=1S/C12H23NO3/c1-5-12(6-2,8-11(15)16)13-10(14)7-9(3)4/h9H,5-8H2,1-4H3,(H,13,14)(H,15,16). The van der Waals surface area contributed by atoms with Crippen LogP contribution in [0.3, 0.4) is 0 Å². The van der Waals surface area contributed by atoms with E-state index in [1.54, 1.807) is 0 Å². The Morgan fingerprint density at radius 1 is 1.25 bits per heavy atom. The minimum Gasteiger partial charge on any atom is -0.481 e. The number of carboxylic acids is 1. The maximum absolute atomic E-state index is 11.7. The molecule has 0 aliphatic rings. The largest absolute Gasteiger partial charge is 0.481 e. The highest BCUT2D eigenvalue weighted by molar-refractivity contribution is 5.78. The number of carboxylic acid groups (broad SMARTS) is 1. The van der Waals surface area contributed by atoms with E-state index in [0.717, 1.165) is 0 Å². The van der Waals surface area contributed by atoms with Gasteiger partial charge in [-0.1, -0.05) is 27.7 Å². The number of amides is 1. The summed E-state index contributed by atoms with van der Waals surface area (Å²) < 4.78 is 0. The molecule has 0 rings (SSSR count). The molecule has 2 N–H and O–H groups in total. The lowest BCUT2D eigenvalue weighted by atomic mass is 9.88. The molecule has 0 bridgehead atoms. The molecule has 0 fully saturated rings. The smallest absolute Gasteiger partial charge is 0.305 e. The van der Waals surface area contributed by atoms with E-state index in [4.69, 9.17) is 5.11 Å². The normalized spacial score (nSPS) is 11.6. The van der Waals surface area contributed by atoms with Gasteiger partial charge in [0.2, 0.25) is 5.91 Å². The van der Waals surface area contributed by atoms with E-state index in [1.807, 2.05) is 27.7 Å². The van der Waals surface area contributed by atoms with Gasteiger partial charge in [0.1, 0.15) is 0 Å². The number of aliphatic carboxylic acids is 1. The Hall–Kier alpha value is -1.06. The summed E-state index contributed by atoms with van der Waals surface area (Å²) in [7, 11) is 0. The molecule has 94 valence electrons. The molecule has 0 aliphatic carbocycles. The van der Waals surface area contributed by atoms with Gasteiger partial charge in [-0.3, -0.25) is 9.59 Å². The van der Waals surface area contributed by atoms with E-state index >= 15 is 0 Å². The lowest BCUT2D eigenvalue weighted by molar-refractivity contribution is -0.139. The van der Waals surface area contributed by atoms with Crippen molar-refractivity contribution in [2.24, 2.45) is 5.92 Å². The SMILES string of the molecule is CCC(CC)(CC(=O)O)NC(=O)CC(C)C. The first-order valence-electron chi connectivity index (χ1n) is 5.88. The molecule has 0 aromatic heterocycles. The quantitative estimate of drug-likeness (QED) is 0.703. The molecular weight excluding hydrogens is 206 g/mol. The Kier molecular flexibility index (Phi) is 6.08. The van der Waals surface area contributed by atoms with Crippen LogP contribution in [0.2, 0.25) is 0 Å². The summed E-state index contributed by atoms with van der Waals surface area (Å²) in [6, 6.07) is 0. The highest BCUT2D eigenvalue weighted by Crippen LogP contribution is 2.20. The topological polar surface area (TPSA) is 66.4 Å². The van der Waals surface area contributed by atoms with Crippen LogP contribution < -0.4 is 5.32 Å². The third-order valence-electron chi connectivity index (χ3n) is 2.84. The predicted octanol–water partition coefficient (Wildman–Crippen LogP) is 2.18. The minimum atomic E-state index is -0.867. The fourth-order valence-corrected chi connectivity index (χ4v) is 1.73. The second-order valence-electron chi connectivity index (χ2n) is 4.70. The van der Waals surface area contributed by atoms with E-state index < -0.39 is 11.5 Å². The molecule has 0 spiro atoms.